The van der Waals surface area contributed by atoms with Gasteiger partial charge in [-0.1, -0.05) is 24.3 Å². The lowest BCUT2D eigenvalue weighted by Crippen LogP contribution is -2.49. The van der Waals surface area contributed by atoms with Crippen LogP contribution in [-0.2, 0) is 39.0 Å². The highest BCUT2D eigenvalue weighted by molar-refractivity contribution is 5.74. The summed E-state index contributed by atoms with van der Waals surface area (Å²) in [5.41, 5.74) is 2.99. The fraction of sp³-hybridized carbons (Fsp3) is 0.468. The number of rotatable bonds is 4. The first-order valence-electron chi connectivity index (χ1n) is 23.5. The molecule has 0 fully saturated rings. The van der Waals surface area contributed by atoms with Gasteiger partial charge in [-0.3, -0.25) is 9.36 Å². The minimum atomic E-state index is -4.54. The maximum absolute atomic E-state index is 12.9. The molecule has 12 bridgehead atoms. The molecule has 4 aromatic heterocycles. The lowest BCUT2D eigenvalue weighted by molar-refractivity contribution is -0.155. The van der Waals surface area contributed by atoms with E-state index in [1.807, 2.05) is 75.5 Å². The third-order valence-electron chi connectivity index (χ3n) is 10.4. The summed E-state index contributed by atoms with van der Waals surface area (Å²) in [5.74, 6) is 2.16. The molecule has 0 aliphatic carbocycles. The molecule has 0 radical (unpaired) electrons. The van der Waals surface area contributed by atoms with Crippen molar-refractivity contribution in [3.63, 3.8) is 0 Å². The van der Waals surface area contributed by atoms with Crippen LogP contribution < -0.4 is 40.2 Å². The number of benzene rings is 2. The van der Waals surface area contributed by atoms with Crippen molar-refractivity contribution in [2.45, 2.75) is 90.5 Å². The van der Waals surface area contributed by atoms with Crippen molar-refractivity contribution < 1.29 is 50.1 Å². The molecule has 26 heteroatoms. The Hall–Kier alpha value is -7.51. The summed E-state index contributed by atoms with van der Waals surface area (Å²) in [6.45, 7) is 8.05. The molecule has 2 aromatic carbocycles. The van der Waals surface area contributed by atoms with Crippen molar-refractivity contribution in [2.75, 3.05) is 63.2 Å². The third-order valence-corrected chi connectivity index (χ3v) is 10.4. The molecule has 392 valence electrons. The van der Waals surface area contributed by atoms with Crippen molar-refractivity contribution in [1.29, 1.82) is 0 Å². The summed E-state index contributed by atoms with van der Waals surface area (Å²) in [5, 5.41) is 21.1. The van der Waals surface area contributed by atoms with Gasteiger partial charge in [0, 0.05) is 63.5 Å². The summed E-state index contributed by atoms with van der Waals surface area (Å²) in [7, 11) is 0. The first-order valence-corrected chi connectivity index (χ1v) is 23.5. The number of ether oxygens (including phenoxy) is 4. The fourth-order valence-corrected chi connectivity index (χ4v) is 7.00. The van der Waals surface area contributed by atoms with Crippen LogP contribution in [0.3, 0.4) is 0 Å². The summed E-state index contributed by atoms with van der Waals surface area (Å²) < 4.78 is 101. The lowest BCUT2D eigenvalue weighted by atomic mass is 10.1. The van der Waals surface area contributed by atoms with Crippen molar-refractivity contribution in [1.82, 2.24) is 65.0 Å². The van der Waals surface area contributed by atoms with E-state index in [-0.39, 0.29) is 48.4 Å². The van der Waals surface area contributed by atoms with Gasteiger partial charge in [0.2, 0.25) is 11.9 Å². The SMILES string of the molecule is CC(C)(C)NC(=O)N1CCCOc2ccc(cc2)CNc2nc(nc(OCC(F)(F)F)n2)Cc2cnn(c2)CC1.FC(F)(F)COc1nc2nc(n1)NCc1ccc(cc1)OCCCNCCn1cc(cn1)C2. The van der Waals surface area contributed by atoms with Crippen molar-refractivity contribution in [2.24, 2.45) is 0 Å². The van der Waals surface area contributed by atoms with E-state index in [4.69, 9.17) is 18.9 Å². The summed E-state index contributed by atoms with van der Waals surface area (Å²) >= 11 is 0. The molecule has 4 aliphatic heterocycles. The van der Waals surface area contributed by atoms with E-state index in [0.717, 1.165) is 47.5 Å². The van der Waals surface area contributed by atoms with Gasteiger partial charge in [0.05, 0.1) is 38.7 Å². The van der Waals surface area contributed by atoms with Gasteiger partial charge in [-0.2, -0.15) is 66.4 Å². The second kappa shape index (κ2) is 24.7. The third kappa shape index (κ3) is 18.9. The smallest absolute Gasteiger partial charge is 0.422 e. The van der Waals surface area contributed by atoms with Gasteiger partial charge in [0.25, 0.3) is 0 Å². The fourth-order valence-electron chi connectivity index (χ4n) is 7.00. The van der Waals surface area contributed by atoms with Crippen molar-refractivity contribution in [3.05, 3.63) is 107 Å². The first-order chi connectivity index (χ1) is 34.8. The number of fused-ring (bicyclic) bond motifs is 18. The number of aromatic nitrogens is 10. The van der Waals surface area contributed by atoms with Gasteiger partial charge in [-0.05, 0) is 86.7 Å². The van der Waals surface area contributed by atoms with Crippen molar-refractivity contribution in [3.8, 4) is 23.5 Å². The molecule has 8 heterocycles. The quantitative estimate of drug-likeness (QED) is 0.141. The maximum Gasteiger partial charge on any atom is 0.422 e. The molecule has 0 spiro atoms. The van der Waals surface area contributed by atoms with Gasteiger partial charge >= 0.3 is 30.4 Å². The van der Waals surface area contributed by atoms with Crippen LogP contribution in [0.15, 0.2) is 73.3 Å². The minimum absolute atomic E-state index is 0.0878. The number of nitrogens with zero attached hydrogens (tertiary/aromatic N) is 11. The van der Waals surface area contributed by atoms with Crippen LogP contribution in [-0.4, -0.2) is 131 Å². The molecule has 20 nitrogen and oxygen atoms in total. The van der Waals surface area contributed by atoms with Crippen LogP contribution in [0.2, 0.25) is 0 Å². The largest absolute Gasteiger partial charge is 0.494 e. The molecule has 0 atom stereocenters. The van der Waals surface area contributed by atoms with E-state index >= 15 is 0 Å². The van der Waals surface area contributed by atoms with Gasteiger partial charge < -0.3 is 45.1 Å². The predicted octanol–water partition coefficient (Wildman–Crippen LogP) is 6.39. The molecule has 73 heavy (non-hydrogen) atoms. The second-order valence-corrected chi connectivity index (χ2v) is 17.9. The van der Waals surface area contributed by atoms with E-state index in [0.29, 0.717) is 64.7 Å². The molecule has 6 aromatic rings. The standard InChI is InChI=1S/C26H33F3N8O3.C21H24F3N7O2/c1-25(2,3)35-24(38)36-9-4-12-39-20-7-5-18(6-8-20)14-30-22-32-21(13-19-15-31-37(16-19)11-10-36)33-23(34-22)40-17-26(27,28)29;22-21(23,24)14-33-20-29-18-10-16-12-27-31(13-16)8-7-25-6-1-9-32-17-4-2-15(3-5-17)11-26-19(28-18)30-20/h5-8,15-16H,4,9-14,17H2,1-3H3,(H,35,38)(H,30,32,33,34);2-5,12-13,25H,1,6-11,14H2,(H,26,28,29,30). The van der Waals surface area contributed by atoms with Gasteiger partial charge in [0.15, 0.2) is 13.2 Å². The Morgan fingerprint density at radius 2 is 1.11 bits per heavy atom. The molecule has 0 saturated heterocycles. The van der Waals surface area contributed by atoms with Crippen LogP contribution >= 0.6 is 0 Å². The number of anilines is 2. The van der Waals surface area contributed by atoms with Crippen LogP contribution in [0, 0.1) is 0 Å². The molecule has 0 saturated carbocycles. The Labute approximate surface area is 416 Å². The number of urea groups is 1. The Morgan fingerprint density at radius 3 is 1.60 bits per heavy atom. The molecular weight excluding hydrogens is 969 g/mol. The molecule has 0 unspecified atom stereocenters. The average Bonchev–Trinajstić information content (AvgIpc) is 3.99. The summed E-state index contributed by atoms with van der Waals surface area (Å²) in [6.07, 6.45) is -0.0833. The number of alkyl halides is 6. The van der Waals surface area contributed by atoms with E-state index in [9.17, 15) is 31.1 Å². The molecule has 4 N–H and O–H groups in total. The maximum atomic E-state index is 12.9. The predicted molar refractivity (Wildman–Crippen MR) is 253 cm³/mol. The monoisotopic (exact) mass is 1030 g/mol. The van der Waals surface area contributed by atoms with Gasteiger partial charge in [-0.25, -0.2) is 4.79 Å². The molecule has 4 aliphatic rings. The van der Waals surface area contributed by atoms with E-state index < -0.39 is 37.1 Å². The van der Waals surface area contributed by atoms with Gasteiger partial charge in [-0.15, -0.1) is 0 Å². The van der Waals surface area contributed by atoms with Crippen molar-refractivity contribution >= 4 is 17.9 Å². The topological polar surface area (TPSA) is 218 Å². The number of amides is 2. The van der Waals surface area contributed by atoms with E-state index in [1.165, 1.54) is 0 Å². The zero-order chi connectivity index (χ0) is 51.9. The summed E-state index contributed by atoms with van der Waals surface area (Å²) in [6, 6.07) is 13.9. The normalized spacial score (nSPS) is 15.2. The van der Waals surface area contributed by atoms with E-state index in [1.54, 1.807) is 32.9 Å². The van der Waals surface area contributed by atoms with E-state index in [2.05, 4.69) is 61.4 Å². The molecule has 2 amide bonds. The average molecular weight is 1030 g/mol. The van der Waals surface area contributed by atoms with Gasteiger partial charge in [0.1, 0.15) is 23.1 Å². The van der Waals surface area contributed by atoms with Crippen LogP contribution in [0.4, 0.5) is 43.0 Å². The van der Waals surface area contributed by atoms with Crippen LogP contribution in [0.25, 0.3) is 0 Å². The zero-order valence-corrected chi connectivity index (χ0v) is 40.5. The summed E-state index contributed by atoms with van der Waals surface area (Å²) in [4.78, 5) is 39.5. The van der Waals surface area contributed by atoms with Crippen LogP contribution in [0.1, 0.15) is 67.5 Å². The highest BCUT2D eigenvalue weighted by atomic mass is 19.4. The number of carbonyl (C=O) groups excluding carboxylic acids is 1. The molecule has 10 rings (SSSR count). The number of hydrogen-bond donors (Lipinski definition) is 4. The number of hydrogen-bond acceptors (Lipinski definition) is 16. The number of halogens is 6. The Kier molecular flexibility index (Phi) is 18.1. The molecular formula is C47H57F6N15O5. The highest BCUT2D eigenvalue weighted by Crippen LogP contribution is 2.21. The Bertz CT molecular complexity index is 2680. The minimum Gasteiger partial charge on any atom is -0.494 e. The van der Waals surface area contributed by atoms with Crippen LogP contribution in [0.5, 0.6) is 23.5 Å². The second-order valence-electron chi connectivity index (χ2n) is 17.9. The zero-order valence-electron chi connectivity index (χ0n) is 40.5. The Morgan fingerprint density at radius 1 is 0.616 bits per heavy atom. The first kappa shape index (κ1) is 53.3. The highest BCUT2D eigenvalue weighted by Gasteiger charge is 2.30. The Balaban J connectivity index is 0.000000218. The number of carbonyl (C=O) groups is 1. The lowest BCUT2D eigenvalue weighted by Gasteiger charge is -2.28. The number of nitrogens with one attached hydrogen (secondary N) is 4.